The summed E-state index contributed by atoms with van der Waals surface area (Å²) in [5.41, 5.74) is -0.0553. The highest BCUT2D eigenvalue weighted by Crippen LogP contribution is 2.51. The molecule has 0 bridgehead atoms. The zero-order chi connectivity index (χ0) is 18.0. The molecule has 1 saturated carbocycles. The Balaban J connectivity index is 1.63. The van der Waals surface area contributed by atoms with Gasteiger partial charge in [-0.3, -0.25) is 4.79 Å². The number of aromatic nitrogens is 4. The van der Waals surface area contributed by atoms with E-state index in [-0.39, 0.29) is 24.8 Å². The molecular weight excluding hydrogens is 339 g/mol. The predicted molar refractivity (Wildman–Crippen MR) is 77.3 cm³/mol. The van der Waals surface area contributed by atoms with Gasteiger partial charge in [0.1, 0.15) is 5.41 Å². The summed E-state index contributed by atoms with van der Waals surface area (Å²) in [5.74, 6) is -0.505. The highest BCUT2D eigenvalue weighted by atomic mass is 19.4. The molecule has 1 unspecified atom stereocenters. The third-order valence-corrected chi connectivity index (χ3v) is 4.96. The number of alkyl halides is 3. The van der Waals surface area contributed by atoms with E-state index in [2.05, 4.69) is 15.4 Å². The van der Waals surface area contributed by atoms with Crippen LogP contribution in [0.25, 0.3) is 0 Å². The first kappa shape index (κ1) is 16.1. The second kappa shape index (κ2) is 5.06. The normalized spacial score (nSPS) is 22.0. The number of rotatable bonds is 2. The fraction of sp³-hybridized carbons (Fsp3) is 0.600. The van der Waals surface area contributed by atoms with Gasteiger partial charge in [-0.25, -0.2) is 0 Å². The molecule has 1 aliphatic carbocycles. The van der Waals surface area contributed by atoms with Gasteiger partial charge in [-0.15, -0.1) is 10.2 Å². The second-order valence-corrected chi connectivity index (χ2v) is 6.62. The second-order valence-electron chi connectivity index (χ2n) is 6.62. The van der Waals surface area contributed by atoms with E-state index >= 15 is 0 Å². The van der Waals surface area contributed by atoms with Crippen molar-refractivity contribution in [3.63, 3.8) is 0 Å². The van der Waals surface area contributed by atoms with Crippen molar-refractivity contribution >= 4 is 5.91 Å². The number of hydrogen-bond acceptors (Lipinski definition) is 5. The van der Waals surface area contributed by atoms with Gasteiger partial charge < -0.3 is 14.0 Å². The summed E-state index contributed by atoms with van der Waals surface area (Å²) < 4.78 is 45.3. The van der Waals surface area contributed by atoms with E-state index in [4.69, 9.17) is 4.52 Å². The fourth-order valence-electron chi connectivity index (χ4n) is 3.43. The molecule has 25 heavy (non-hydrogen) atoms. The zero-order valence-corrected chi connectivity index (χ0v) is 13.7. The summed E-state index contributed by atoms with van der Waals surface area (Å²) in [7, 11) is 0. The van der Waals surface area contributed by atoms with Crippen LogP contribution in [0.1, 0.15) is 48.9 Å². The van der Waals surface area contributed by atoms with Gasteiger partial charge in [0, 0.05) is 19.2 Å². The maximum Gasteiger partial charge on any atom is 0.451 e. The van der Waals surface area contributed by atoms with Crippen LogP contribution in [0.3, 0.4) is 0 Å². The molecule has 2 aliphatic rings. The fourth-order valence-corrected chi connectivity index (χ4v) is 3.43. The average molecular weight is 355 g/mol. The Morgan fingerprint density at radius 1 is 1.32 bits per heavy atom. The number of carbonyl (C=O) groups excluding carboxylic acids is 1. The monoisotopic (exact) mass is 355 g/mol. The lowest BCUT2D eigenvalue weighted by molar-refractivity contribution is -0.148. The molecule has 1 atom stereocenters. The number of amides is 1. The van der Waals surface area contributed by atoms with Gasteiger partial charge in [0.2, 0.25) is 11.7 Å². The van der Waals surface area contributed by atoms with Crippen LogP contribution in [-0.4, -0.2) is 37.3 Å². The number of halogens is 3. The highest BCUT2D eigenvalue weighted by Gasteiger charge is 2.57. The van der Waals surface area contributed by atoms with Gasteiger partial charge in [0.15, 0.2) is 11.6 Å². The van der Waals surface area contributed by atoms with Crippen molar-refractivity contribution in [3.8, 4) is 0 Å². The number of hydrogen-bond donors (Lipinski definition) is 0. The van der Waals surface area contributed by atoms with E-state index in [1.54, 1.807) is 24.8 Å². The van der Waals surface area contributed by atoms with Crippen LogP contribution in [0.15, 0.2) is 10.6 Å². The molecule has 2 aromatic rings. The molecule has 4 rings (SSSR count). The molecule has 1 amide bonds. The standard InChI is InChI=1S/C15H16F3N5O2/c1-8-7-10(25-21-8)14(3-4-14)13(24)22-5-6-23-11(9(22)2)19-20-12(23)15(16,17)18/h7,9H,3-6H2,1-2H3. The number of aryl methyl sites for hydroxylation is 1. The molecule has 10 heteroatoms. The Bertz CT molecular complexity index is 837. The molecule has 0 radical (unpaired) electrons. The van der Waals surface area contributed by atoms with Crippen molar-refractivity contribution in [3.05, 3.63) is 29.2 Å². The van der Waals surface area contributed by atoms with Crippen LogP contribution < -0.4 is 0 Å². The molecular formula is C15H16F3N5O2. The van der Waals surface area contributed by atoms with Gasteiger partial charge in [-0.2, -0.15) is 13.2 Å². The van der Waals surface area contributed by atoms with E-state index in [1.165, 1.54) is 0 Å². The van der Waals surface area contributed by atoms with Crippen molar-refractivity contribution in [1.29, 1.82) is 0 Å². The van der Waals surface area contributed by atoms with E-state index in [9.17, 15) is 18.0 Å². The summed E-state index contributed by atoms with van der Waals surface area (Å²) in [5, 5.41) is 10.8. The SMILES string of the molecule is Cc1cc(C2(C(=O)N3CCn4c(nnc4C(F)(F)F)C3C)CC2)on1. The van der Waals surface area contributed by atoms with Crippen molar-refractivity contribution in [2.45, 2.75) is 50.9 Å². The number of fused-ring (bicyclic) bond motifs is 1. The molecule has 0 spiro atoms. The van der Waals surface area contributed by atoms with E-state index in [0.29, 0.717) is 24.3 Å². The van der Waals surface area contributed by atoms with Crippen LogP contribution in [0, 0.1) is 6.92 Å². The maximum absolute atomic E-state index is 13.1. The number of carbonyl (C=O) groups is 1. The van der Waals surface area contributed by atoms with Crippen LogP contribution in [0.4, 0.5) is 13.2 Å². The Morgan fingerprint density at radius 3 is 2.60 bits per heavy atom. The quantitative estimate of drug-likeness (QED) is 0.826. The minimum absolute atomic E-state index is 0.0127. The Hall–Kier alpha value is -2.39. The van der Waals surface area contributed by atoms with Crippen molar-refractivity contribution < 1.29 is 22.5 Å². The summed E-state index contributed by atoms with van der Waals surface area (Å²) in [6.45, 7) is 3.62. The minimum atomic E-state index is -4.56. The number of nitrogens with zero attached hydrogens (tertiary/aromatic N) is 5. The van der Waals surface area contributed by atoms with Crippen LogP contribution in [0.5, 0.6) is 0 Å². The lowest BCUT2D eigenvalue weighted by atomic mass is 9.99. The molecule has 2 aromatic heterocycles. The van der Waals surface area contributed by atoms with E-state index in [0.717, 1.165) is 4.57 Å². The van der Waals surface area contributed by atoms with Crippen molar-refractivity contribution in [1.82, 2.24) is 24.8 Å². The first-order valence-electron chi connectivity index (χ1n) is 7.99. The lowest BCUT2D eigenvalue weighted by Crippen LogP contribution is -2.46. The van der Waals surface area contributed by atoms with Gasteiger partial charge in [-0.1, -0.05) is 5.16 Å². The molecule has 1 aliphatic heterocycles. The van der Waals surface area contributed by atoms with E-state index in [1.807, 2.05) is 0 Å². The van der Waals surface area contributed by atoms with Crippen LogP contribution >= 0.6 is 0 Å². The highest BCUT2D eigenvalue weighted by molar-refractivity contribution is 5.91. The van der Waals surface area contributed by atoms with Gasteiger partial charge in [0.25, 0.3) is 0 Å². The first-order valence-corrected chi connectivity index (χ1v) is 7.99. The smallest absolute Gasteiger partial charge is 0.360 e. The lowest BCUT2D eigenvalue weighted by Gasteiger charge is -2.35. The molecule has 134 valence electrons. The maximum atomic E-state index is 13.1. The third kappa shape index (κ3) is 2.34. The molecule has 7 nitrogen and oxygen atoms in total. The van der Waals surface area contributed by atoms with Crippen molar-refractivity contribution in [2.75, 3.05) is 6.54 Å². The van der Waals surface area contributed by atoms with Crippen molar-refractivity contribution in [2.24, 2.45) is 0 Å². The minimum Gasteiger partial charge on any atom is -0.360 e. The van der Waals surface area contributed by atoms with E-state index < -0.39 is 23.5 Å². The Labute approximate surface area is 140 Å². The average Bonchev–Trinajstić information content (AvgIpc) is 3.01. The summed E-state index contributed by atoms with van der Waals surface area (Å²) in [4.78, 5) is 14.6. The first-order chi connectivity index (χ1) is 11.7. The summed E-state index contributed by atoms with van der Waals surface area (Å²) in [6, 6.07) is 1.15. The van der Waals surface area contributed by atoms with Gasteiger partial charge in [-0.05, 0) is 26.7 Å². The van der Waals surface area contributed by atoms with Gasteiger partial charge in [0.05, 0.1) is 11.7 Å². The summed E-state index contributed by atoms with van der Waals surface area (Å²) in [6.07, 6.45) is -3.28. The van der Waals surface area contributed by atoms with Gasteiger partial charge >= 0.3 is 6.18 Å². The van der Waals surface area contributed by atoms with Crippen LogP contribution in [0.2, 0.25) is 0 Å². The molecule has 0 N–H and O–H groups in total. The largest absolute Gasteiger partial charge is 0.451 e. The Morgan fingerprint density at radius 2 is 2.04 bits per heavy atom. The zero-order valence-electron chi connectivity index (χ0n) is 13.7. The topological polar surface area (TPSA) is 77.0 Å². The molecule has 0 saturated heterocycles. The van der Waals surface area contributed by atoms with Crippen LogP contribution in [-0.2, 0) is 22.9 Å². The molecule has 0 aromatic carbocycles. The molecule has 1 fully saturated rings. The molecule has 3 heterocycles. The predicted octanol–water partition coefficient (Wildman–Crippen LogP) is 2.23. The summed E-state index contributed by atoms with van der Waals surface area (Å²) >= 11 is 0. The Kier molecular flexibility index (Phi) is 3.26. The third-order valence-electron chi connectivity index (χ3n) is 4.96.